The zero-order valence-corrected chi connectivity index (χ0v) is 12.9. The first kappa shape index (κ1) is 16.7. The Hall–Kier alpha value is -1.63. The number of aliphatic hydroxyl groups is 1. The van der Waals surface area contributed by atoms with Crippen molar-refractivity contribution in [2.24, 2.45) is 0 Å². The molecule has 1 aromatic carbocycles. The van der Waals surface area contributed by atoms with Crippen molar-refractivity contribution < 1.29 is 14.7 Å². The van der Waals surface area contributed by atoms with Crippen molar-refractivity contribution in [1.29, 1.82) is 0 Å². The fourth-order valence-electron chi connectivity index (χ4n) is 2.82. The Balaban J connectivity index is 0.00000176. The number of anilines is 2. The predicted octanol–water partition coefficient (Wildman–Crippen LogP) is 0.896. The number of rotatable bonds is 3. The second-order valence-corrected chi connectivity index (χ2v) is 5.54. The lowest BCUT2D eigenvalue weighted by Gasteiger charge is -2.17. The molecule has 2 unspecified atom stereocenters. The first-order valence-electron chi connectivity index (χ1n) is 7.26. The van der Waals surface area contributed by atoms with E-state index in [2.05, 4.69) is 10.6 Å². The Kier molecular flexibility index (Phi) is 5.39. The van der Waals surface area contributed by atoms with Crippen LogP contribution in [0.1, 0.15) is 19.3 Å². The van der Waals surface area contributed by atoms with Gasteiger partial charge in [-0.2, -0.15) is 0 Å². The van der Waals surface area contributed by atoms with Gasteiger partial charge in [-0.25, -0.2) is 0 Å². The van der Waals surface area contributed by atoms with Crippen LogP contribution in [0.15, 0.2) is 24.3 Å². The van der Waals surface area contributed by atoms with Crippen molar-refractivity contribution >= 4 is 35.6 Å². The number of amides is 2. The molecule has 2 amide bonds. The summed E-state index contributed by atoms with van der Waals surface area (Å²) in [6.07, 6.45) is 1.42. The van der Waals surface area contributed by atoms with E-state index < -0.39 is 6.10 Å². The number of carbonyl (C=O) groups excluding carboxylic acids is 2. The van der Waals surface area contributed by atoms with Crippen molar-refractivity contribution in [3.63, 3.8) is 0 Å². The fourth-order valence-corrected chi connectivity index (χ4v) is 2.82. The molecule has 0 radical (unpaired) electrons. The summed E-state index contributed by atoms with van der Waals surface area (Å²) in [5, 5.41) is 15.3. The van der Waals surface area contributed by atoms with Gasteiger partial charge >= 0.3 is 0 Å². The molecule has 22 heavy (non-hydrogen) atoms. The number of aliphatic hydroxyl groups excluding tert-OH is 1. The largest absolute Gasteiger partial charge is 0.392 e. The van der Waals surface area contributed by atoms with Crippen molar-refractivity contribution in [3.8, 4) is 0 Å². The highest BCUT2D eigenvalue weighted by atomic mass is 35.5. The number of hydrogen-bond donors (Lipinski definition) is 3. The van der Waals surface area contributed by atoms with E-state index in [1.807, 2.05) is 18.2 Å². The number of nitrogens with one attached hydrogen (secondary N) is 2. The second kappa shape index (κ2) is 7.09. The van der Waals surface area contributed by atoms with Crippen LogP contribution in [0.4, 0.5) is 11.4 Å². The van der Waals surface area contributed by atoms with E-state index in [9.17, 15) is 14.7 Å². The molecule has 2 atom stereocenters. The van der Waals surface area contributed by atoms with Gasteiger partial charge in [0.05, 0.1) is 12.1 Å². The van der Waals surface area contributed by atoms with Gasteiger partial charge in [0.1, 0.15) is 0 Å². The molecule has 0 spiro atoms. The number of halogens is 1. The normalized spacial score (nSPS) is 24.2. The SMILES string of the molecule is Cl.O=C(Nc1cccc(N2CCCC2=O)c1)C1CC(O)CN1. The maximum Gasteiger partial charge on any atom is 0.241 e. The third-order valence-corrected chi connectivity index (χ3v) is 3.92. The maximum absolute atomic E-state index is 12.1. The van der Waals surface area contributed by atoms with Crippen LogP contribution in [0.25, 0.3) is 0 Å². The maximum atomic E-state index is 12.1. The van der Waals surface area contributed by atoms with E-state index in [-0.39, 0.29) is 30.3 Å². The van der Waals surface area contributed by atoms with Gasteiger partial charge in [0.2, 0.25) is 11.8 Å². The Morgan fingerprint density at radius 1 is 1.41 bits per heavy atom. The van der Waals surface area contributed by atoms with E-state index in [1.165, 1.54) is 0 Å². The number of carbonyl (C=O) groups is 2. The summed E-state index contributed by atoms with van der Waals surface area (Å²) in [5.41, 5.74) is 1.48. The standard InChI is InChI=1S/C15H19N3O3.ClH/c19-12-8-13(16-9-12)15(21)17-10-3-1-4-11(7-10)18-6-2-5-14(18)20;/h1,3-4,7,12-13,16,19H,2,5-6,8-9H2,(H,17,21);1H. The van der Waals surface area contributed by atoms with Crippen LogP contribution in [0.5, 0.6) is 0 Å². The molecule has 0 bridgehead atoms. The van der Waals surface area contributed by atoms with E-state index in [4.69, 9.17) is 0 Å². The molecule has 3 rings (SSSR count). The van der Waals surface area contributed by atoms with Gasteiger partial charge in [0.25, 0.3) is 0 Å². The fraction of sp³-hybridized carbons (Fsp3) is 0.467. The first-order chi connectivity index (χ1) is 10.1. The molecule has 2 aliphatic rings. The molecule has 0 saturated carbocycles. The summed E-state index contributed by atoms with van der Waals surface area (Å²) in [6, 6.07) is 6.95. The van der Waals surface area contributed by atoms with Crippen LogP contribution in [0.3, 0.4) is 0 Å². The minimum Gasteiger partial charge on any atom is -0.392 e. The molecule has 2 heterocycles. The van der Waals surface area contributed by atoms with Gasteiger partial charge in [0, 0.05) is 30.9 Å². The van der Waals surface area contributed by atoms with Crippen molar-refractivity contribution in [3.05, 3.63) is 24.3 Å². The Morgan fingerprint density at radius 3 is 2.86 bits per heavy atom. The molecule has 0 aromatic heterocycles. The summed E-state index contributed by atoms with van der Waals surface area (Å²) < 4.78 is 0. The summed E-state index contributed by atoms with van der Waals surface area (Å²) in [4.78, 5) is 25.6. The van der Waals surface area contributed by atoms with Crippen LogP contribution >= 0.6 is 12.4 Å². The molecule has 6 nitrogen and oxygen atoms in total. The first-order valence-corrected chi connectivity index (χ1v) is 7.26. The van der Waals surface area contributed by atoms with Crippen LogP contribution in [0, 0.1) is 0 Å². The molecular formula is C15H20ClN3O3. The summed E-state index contributed by atoms with van der Waals surface area (Å²) in [7, 11) is 0. The minimum absolute atomic E-state index is 0. The van der Waals surface area contributed by atoms with Crippen LogP contribution in [-0.2, 0) is 9.59 Å². The Bertz CT molecular complexity index is 567. The van der Waals surface area contributed by atoms with E-state index in [0.29, 0.717) is 25.1 Å². The van der Waals surface area contributed by atoms with Crippen LogP contribution in [-0.4, -0.2) is 42.2 Å². The van der Waals surface area contributed by atoms with Crippen molar-refractivity contribution in [2.75, 3.05) is 23.3 Å². The monoisotopic (exact) mass is 325 g/mol. The third kappa shape index (κ3) is 3.58. The summed E-state index contributed by atoms with van der Waals surface area (Å²) in [5.74, 6) is -0.0319. The molecule has 2 saturated heterocycles. The third-order valence-electron chi connectivity index (χ3n) is 3.92. The van der Waals surface area contributed by atoms with Gasteiger partial charge in [0.15, 0.2) is 0 Å². The summed E-state index contributed by atoms with van der Waals surface area (Å²) in [6.45, 7) is 1.17. The van der Waals surface area contributed by atoms with Crippen LogP contribution < -0.4 is 15.5 Å². The zero-order chi connectivity index (χ0) is 14.8. The Morgan fingerprint density at radius 2 is 2.23 bits per heavy atom. The lowest BCUT2D eigenvalue weighted by Crippen LogP contribution is -2.35. The predicted molar refractivity (Wildman–Crippen MR) is 86.3 cm³/mol. The zero-order valence-electron chi connectivity index (χ0n) is 12.1. The molecule has 2 fully saturated rings. The van der Waals surface area contributed by atoms with Gasteiger partial charge in [-0.05, 0) is 31.0 Å². The Labute approximate surface area is 135 Å². The molecule has 3 N–H and O–H groups in total. The lowest BCUT2D eigenvalue weighted by molar-refractivity contribution is -0.118. The second-order valence-electron chi connectivity index (χ2n) is 5.54. The van der Waals surface area contributed by atoms with Gasteiger partial charge in [-0.15, -0.1) is 12.4 Å². The van der Waals surface area contributed by atoms with Crippen molar-refractivity contribution in [1.82, 2.24) is 5.32 Å². The lowest BCUT2D eigenvalue weighted by atomic mass is 10.2. The van der Waals surface area contributed by atoms with Gasteiger partial charge < -0.3 is 20.6 Å². The molecule has 2 aliphatic heterocycles. The van der Waals surface area contributed by atoms with E-state index in [1.54, 1.807) is 11.0 Å². The average molecular weight is 326 g/mol. The van der Waals surface area contributed by atoms with Crippen LogP contribution in [0.2, 0.25) is 0 Å². The molecular weight excluding hydrogens is 306 g/mol. The highest BCUT2D eigenvalue weighted by Crippen LogP contribution is 2.24. The van der Waals surface area contributed by atoms with Crippen molar-refractivity contribution in [2.45, 2.75) is 31.4 Å². The molecule has 0 aliphatic carbocycles. The number of benzene rings is 1. The quantitative estimate of drug-likeness (QED) is 0.771. The number of β-amino-alcohol motifs (C(OH)–C–C–N with tert-alkyl or cyclic N) is 1. The molecule has 7 heteroatoms. The highest BCUT2D eigenvalue weighted by molar-refractivity contribution is 5.98. The van der Waals surface area contributed by atoms with E-state index in [0.717, 1.165) is 18.7 Å². The van der Waals surface area contributed by atoms with Gasteiger partial charge in [-0.1, -0.05) is 6.07 Å². The topological polar surface area (TPSA) is 81.7 Å². The summed E-state index contributed by atoms with van der Waals surface area (Å²) >= 11 is 0. The minimum atomic E-state index is -0.464. The number of hydrogen-bond acceptors (Lipinski definition) is 4. The molecule has 120 valence electrons. The smallest absolute Gasteiger partial charge is 0.241 e. The number of nitrogens with zero attached hydrogens (tertiary/aromatic N) is 1. The average Bonchev–Trinajstić information content (AvgIpc) is 3.08. The van der Waals surface area contributed by atoms with E-state index >= 15 is 0 Å². The molecule has 1 aromatic rings. The van der Waals surface area contributed by atoms with Gasteiger partial charge in [-0.3, -0.25) is 9.59 Å². The highest BCUT2D eigenvalue weighted by Gasteiger charge is 2.28.